The fourth-order valence-corrected chi connectivity index (χ4v) is 2.35. The number of rotatable bonds is 3. The van der Waals surface area contributed by atoms with Gasteiger partial charge in [-0.25, -0.2) is 4.79 Å². The number of aliphatic hydroxyl groups is 2. The van der Waals surface area contributed by atoms with Crippen molar-refractivity contribution in [2.75, 3.05) is 6.61 Å². The molecule has 2 N–H and O–H groups in total. The van der Waals surface area contributed by atoms with Crippen molar-refractivity contribution in [2.45, 2.75) is 38.7 Å². The summed E-state index contributed by atoms with van der Waals surface area (Å²) in [4.78, 5) is 47.3. The molecule has 1 saturated heterocycles. The van der Waals surface area contributed by atoms with Gasteiger partial charge in [-0.3, -0.25) is 19.0 Å². The zero-order valence-corrected chi connectivity index (χ0v) is 12.1. The highest BCUT2D eigenvalue weighted by molar-refractivity contribution is 5.94. The lowest BCUT2D eigenvalue weighted by Crippen LogP contribution is -2.45. The van der Waals surface area contributed by atoms with Crippen LogP contribution in [0.25, 0.3) is 0 Å². The van der Waals surface area contributed by atoms with Crippen molar-refractivity contribution in [3.8, 4) is 0 Å². The van der Waals surface area contributed by atoms with Crippen LogP contribution in [0, 0.1) is 0 Å². The van der Waals surface area contributed by atoms with E-state index >= 15 is 0 Å². The molecule has 0 bridgehead atoms. The number of carbonyl (C=O) groups excluding carboxylic acids is 2. The number of nitrogens with zero attached hydrogens (tertiary/aromatic N) is 2. The molecule has 0 aliphatic carbocycles. The molecular formula is C13H16N2O7. The van der Waals surface area contributed by atoms with Crippen LogP contribution in [0.15, 0.2) is 15.8 Å². The second-order valence-electron chi connectivity index (χ2n) is 5.06. The number of hydrogen-bond acceptors (Lipinski definition) is 7. The van der Waals surface area contributed by atoms with Crippen molar-refractivity contribution < 1.29 is 24.5 Å². The number of Topliss-reactive ketones (excluding diaryl/α,β-unsaturated/α-hetero) is 1. The molecule has 9 heteroatoms. The molecule has 2 heterocycles. The molecule has 3 atom stereocenters. The predicted molar refractivity (Wildman–Crippen MR) is 72.9 cm³/mol. The summed E-state index contributed by atoms with van der Waals surface area (Å²) in [6.45, 7) is 1.72. The van der Waals surface area contributed by atoms with Crippen LogP contribution in [0.5, 0.6) is 0 Å². The summed E-state index contributed by atoms with van der Waals surface area (Å²) < 4.78 is 6.59. The van der Waals surface area contributed by atoms with Crippen LogP contribution in [0.4, 0.5) is 0 Å². The molecule has 0 spiro atoms. The number of carbonyl (C=O) groups is 2. The van der Waals surface area contributed by atoms with Gasteiger partial charge in [0.2, 0.25) is 5.91 Å². The monoisotopic (exact) mass is 312 g/mol. The maximum Gasteiger partial charge on any atom is 0.340 e. The maximum atomic E-state index is 12.3. The predicted octanol–water partition coefficient (Wildman–Crippen LogP) is -1.49. The first-order valence-electron chi connectivity index (χ1n) is 6.62. The van der Waals surface area contributed by atoms with Crippen LogP contribution in [-0.4, -0.2) is 49.9 Å². The third-order valence-electron chi connectivity index (χ3n) is 3.50. The fourth-order valence-electron chi connectivity index (χ4n) is 2.35. The summed E-state index contributed by atoms with van der Waals surface area (Å²) in [6.07, 6.45) is -1.86. The molecule has 1 aliphatic heterocycles. The van der Waals surface area contributed by atoms with Gasteiger partial charge in [0.15, 0.2) is 5.78 Å². The Bertz CT molecular complexity index is 733. The van der Waals surface area contributed by atoms with Crippen LogP contribution >= 0.6 is 0 Å². The Labute approximate surface area is 124 Å². The first kappa shape index (κ1) is 16.3. The van der Waals surface area contributed by atoms with Gasteiger partial charge in [0.1, 0.15) is 12.3 Å². The number of ether oxygens (including phenoxy) is 1. The molecule has 1 aromatic heterocycles. The van der Waals surface area contributed by atoms with E-state index in [4.69, 9.17) is 9.84 Å². The van der Waals surface area contributed by atoms with Crippen molar-refractivity contribution in [3.05, 3.63) is 32.6 Å². The minimum absolute atomic E-state index is 0.0153. The average Bonchev–Trinajstić information content (AvgIpc) is 2.79. The lowest BCUT2D eigenvalue weighted by Gasteiger charge is -2.16. The van der Waals surface area contributed by atoms with Gasteiger partial charge in [-0.1, -0.05) is 0 Å². The van der Waals surface area contributed by atoms with E-state index in [1.165, 1.54) is 0 Å². The van der Waals surface area contributed by atoms with Crippen molar-refractivity contribution in [1.29, 1.82) is 0 Å². The molecule has 1 fully saturated rings. The van der Waals surface area contributed by atoms with E-state index in [0.29, 0.717) is 4.57 Å². The summed E-state index contributed by atoms with van der Waals surface area (Å²) >= 11 is 0. The summed E-state index contributed by atoms with van der Waals surface area (Å²) in [5.41, 5.74) is -2.28. The molecule has 1 unspecified atom stereocenters. The van der Waals surface area contributed by atoms with Crippen molar-refractivity contribution in [3.63, 3.8) is 0 Å². The summed E-state index contributed by atoms with van der Waals surface area (Å²) in [6, 6.07) is 0. The number of ketones is 1. The van der Waals surface area contributed by atoms with Gasteiger partial charge < -0.3 is 14.9 Å². The van der Waals surface area contributed by atoms with Gasteiger partial charge in [0.25, 0.3) is 5.56 Å². The highest BCUT2D eigenvalue weighted by Crippen LogP contribution is 2.27. The van der Waals surface area contributed by atoms with E-state index in [1.54, 1.807) is 0 Å². The molecule has 0 saturated carbocycles. The van der Waals surface area contributed by atoms with Gasteiger partial charge in [0, 0.05) is 19.5 Å². The second-order valence-corrected chi connectivity index (χ2v) is 5.06. The van der Waals surface area contributed by atoms with Crippen LogP contribution < -0.4 is 11.2 Å². The van der Waals surface area contributed by atoms with Crippen molar-refractivity contribution >= 4 is 11.7 Å². The minimum atomic E-state index is -1.000. The molecule has 9 nitrogen and oxygen atoms in total. The highest BCUT2D eigenvalue weighted by atomic mass is 16.5. The molecule has 0 radical (unpaired) electrons. The van der Waals surface area contributed by atoms with Gasteiger partial charge >= 0.3 is 5.69 Å². The minimum Gasteiger partial charge on any atom is -0.394 e. The Kier molecular flexibility index (Phi) is 4.40. The Balaban J connectivity index is 2.63. The van der Waals surface area contributed by atoms with Crippen LogP contribution in [0.1, 0.15) is 41.6 Å². The molecule has 120 valence electrons. The van der Waals surface area contributed by atoms with Gasteiger partial charge in [0.05, 0.1) is 18.3 Å². The smallest absolute Gasteiger partial charge is 0.340 e. The van der Waals surface area contributed by atoms with Crippen molar-refractivity contribution in [2.24, 2.45) is 0 Å². The molecule has 22 heavy (non-hydrogen) atoms. The van der Waals surface area contributed by atoms with E-state index in [-0.39, 0.29) is 12.0 Å². The van der Waals surface area contributed by atoms with Gasteiger partial charge in [-0.15, -0.1) is 0 Å². The Morgan fingerprint density at radius 2 is 2.00 bits per heavy atom. The SMILES string of the molecule is CC(=O)c1cn([C@@H]2CC(O)[C@H](CO)O2)c(=O)n(C(C)=O)c1=O. The quantitative estimate of drug-likeness (QED) is 0.651. The molecule has 0 aromatic carbocycles. The standard InChI is InChI=1S/C13H16N2O7/c1-6(17)8-4-14(11-3-9(19)10(5-16)22-11)13(21)15(7(2)18)12(8)20/h4,9-11,16,19H,3,5H2,1-2H3/t9?,10-,11-/m0/s1. The van der Waals surface area contributed by atoms with Crippen molar-refractivity contribution in [1.82, 2.24) is 9.13 Å². The lowest BCUT2D eigenvalue weighted by molar-refractivity contribution is -0.0462. The average molecular weight is 312 g/mol. The van der Waals surface area contributed by atoms with Gasteiger partial charge in [-0.2, -0.15) is 4.57 Å². The van der Waals surface area contributed by atoms with Crippen LogP contribution in [-0.2, 0) is 4.74 Å². The van der Waals surface area contributed by atoms with E-state index in [0.717, 1.165) is 24.6 Å². The summed E-state index contributed by atoms with van der Waals surface area (Å²) in [7, 11) is 0. The summed E-state index contributed by atoms with van der Waals surface area (Å²) in [5, 5.41) is 18.8. The molecule has 1 aliphatic rings. The summed E-state index contributed by atoms with van der Waals surface area (Å²) in [5.74, 6) is -1.44. The third-order valence-corrected chi connectivity index (χ3v) is 3.50. The van der Waals surface area contributed by atoms with E-state index < -0.39 is 48.0 Å². The van der Waals surface area contributed by atoms with E-state index in [1.807, 2.05) is 0 Å². The zero-order valence-electron chi connectivity index (χ0n) is 12.1. The largest absolute Gasteiger partial charge is 0.394 e. The zero-order chi connectivity index (χ0) is 16.6. The maximum absolute atomic E-state index is 12.3. The first-order chi connectivity index (χ1) is 10.3. The molecule has 1 aromatic rings. The fraction of sp³-hybridized carbons (Fsp3) is 0.538. The molecular weight excluding hydrogens is 296 g/mol. The van der Waals surface area contributed by atoms with Crippen LogP contribution in [0.3, 0.4) is 0 Å². The Morgan fingerprint density at radius 3 is 2.45 bits per heavy atom. The van der Waals surface area contributed by atoms with E-state index in [9.17, 15) is 24.3 Å². The normalized spacial score (nSPS) is 24.5. The first-order valence-corrected chi connectivity index (χ1v) is 6.62. The Morgan fingerprint density at radius 1 is 1.36 bits per heavy atom. The Hall–Kier alpha value is -2.10. The van der Waals surface area contributed by atoms with Crippen LogP contribution in [0.2, 0.25) is 0 Å². The second kappa shape index (κ2) is 5.95. The molecule has 0 amide bonds. The lowest BCUT2D eigenvalue weighted by atomic mass is 10.2. The number of aromatic nitrogens is 2. The third kappa shape index (κ3) is 2.65. The van der Waals surface area contributed by atoms with E-state index in [2.05, 4.69) is 0 Å². The van der Waals surface area contributed by atoms with Gasteiger partial charge in [-0.05, 0) is 6.92 Å². The number of aliphatic hydroxyl groups excluding tert-OH is 2. The number of hydrogen-bond donors (Lipinski definition) is 2. The topological polar surface area (TPSA) is 128 Å². The molecule has 2 rings (SSSR count). The highest BCUT2D eigenvalue weighted by Gasteiger charge is 2.36.